The van der Waals surface area contributed by atoms with Gasteiger partial charge in [0, 0.05) is 0 Å². The molecule has 0 saturated carbocycles. The zero-order chi connectivity index (χ0) is 14.3. The molecule has 0 aliphatic carbocycles. The number of hydrogen-bond donors (Lipinski definition) is 12. The molecule has 0 heterocycles. The molecule has 20 heteroatoms. The summed E-state index contributed by atoms with van der Waals surface area (Å²) < 4.78 is 0. The van der Waals surface area contributed by atoms with Gasteiger partial charge in [0.25, 0.3) is 0 Å². The van der Waals surface area contributed by atoms with Crippen LogP contribution in [0.25, 0.3) is 0 Å². The highest BCUT2D eigenvalue weighted by molar-refractivity contribution is 6.92. The van der Waals surface area contributed by atoms with Crippen LogP contribution in [0.15, 0.2) is 0 Å². The average molecular weight is 383 g/mol. The normalized spacial score (nSPS) is 5.40. The van der Waals surface area contributed by atoms with Gasteiger partial charge in [-0.15, -0.1) is 0 Å². The molecule has 0 aliphatic rings. The van der Waals surface area contributed by atoms with E-state index in [-0.39, 0.29) is 39.6 Å². The monoisotopic (exact) mass is 384 g/mol. The van der Waals surface area contributed by atoms with Crippen molar-refractivity contribution < 1.29 is 60.3 Å². The predicted octanol–water partition coefficient (Wildman–Crippen LogP) is -7.97. The second-order valence-corrected chi connectivity index (χ2v) is 1.39. The van der Waals surface area contributed by atoms with Gasteiger partial charge in [-0.2, -0.15) is 39.6 Å². The SMILES string of the molecule is OB(O)O.OB(O)O.OB(O)O.OB(O)O.P.P.P.P. The molecule has 0 aliphatic heterocycles. The Kier molecular flexibility index (Phi) is 106. The molecule has 0 spiro atoms. The largest absolute Gasteiger partial charge is 0.631 e. The van der Waals surface area contributed by atoms with Crippen LogP contribution in [0.2, 0.25) is 0 Å². The van der Waals surface area contributed by atoms with Crippen LogP contribution in [-0.2, 0) is 0 Å². The van der Waals surface area contributed by atoms with Gasteiger partial charge in [0.15, 0.2) is 0 Å². The molecule has 20 heavy (non-hydrogen) atoms. The third-order valence-electron chi connectivity index (χ3n) is 0. The Labute approximate surface area is 130 Å². The maximum Gasteiger partial charge on any atom is 0.631 e. The van der Waals surface area contributed by atoms with E-state index in [9.17, 15) is 0 Å². The van der Waals surface area contributed by atoms with E-state index in [0.717, 1.165) is 0 Å². The summed E-state index contributed by atoms with van der Waals surface area (Å²) in [5.74, 6) is 0. The molecule has 12 N–H and O–H groups in total. The van der Waals surface area contributed by atoms with Gasteiger partial charge >= 0.3 is 29.3 Å². The highest BCUT2D eigenvalue weighted by atomic mass is 31.0. The van der Waals surface area contributed by atoms with Gasteiger partial charge < -0.3 is 60.3 Å². The van der Waals surface area contributed by atoms with Crippen LogP contribution in [0.4, 0.5) is 0 Å². The van der Waals surface area contributed by atoms with Gasteiger partial charge in [-0.05, 0) is 0 Å². The Balaban J connectivity index is -0.0000000150. The summed E-state index contributed by atoms with van der Waals surface area (Å²) in [5.41, 5.74) is 0. The van der Waals surface area contributed by atoms with Crippen LogP contribution >= 0.6 is 39.6 Å². The second-order valence-electron chi connectivity index (χ2n) is 1.39. The molecule has 12 nitrogen and oxygen atoms in total. The predicted molar refractivity (Wildman–Crippen MR) is 94.1 cm³/mol. The molecule has 0 aromatic carbocycles. The molecule has 0 bridgehead atoms. The van der Waals surface area contributed by atoms with Crippen molar-refractivity contribution in [1.29, 1.82) is 0 Å². The minimum absolute atomic E-state index is 0. The van der Waals surface area contributed by atoms with Crippen LogP contribution in [-0.4, -0.2) is 89.6 Å². The highest BCUT2D eigenvalue weighted by Gasteiger charge is 1.93. The van der Waals surface area contributed by atoms with Crippen LogP contribution in [0, 0.1) is 0 Å². The number of hydrogen-bond acceptors (Lipinski definition) is 12. The quantitative estimate of drug-likeness (QED) is 0.138. The summed E-state index contributed by atoms with van der Waals surface area (Å²) in [7, 11) is -8.67. The van der Waals surface area contributed by atoms with Crippen molar-refractivity contribution >= 4 is 68.9 Å². The van der Waals surface area contributed by atoms with E-state index in [1.807, 2.05) is 0 Å². The summed E-state index contributed by atoms with van der Waals surface area (Å²) in [6.45, 7) is 0. The molecule has 0 aromatic rings. The summed E-state index contributed by atoms with van der Waals surface area (Å²) in [4.78, 5) is 0. The van der Waals surface area contributed by atoms with E-state index in [4.69, 9.17) is 60.3 Å². The molecular formula is H24B4O12P4. The summed E-state index contributed by atoms with van der Waals surface area (Å²) >= 11 is 0. The van der Waals surface area contributed by atoms with Crippen molar-refractivity contribution in [2.24, 2.45) is 0 Å². The Morgan fingerprint density at radius 1 is 0.250 bits per heavy atom. The fourth-order valence-corrected chi connectivity index (χ4v) is 0. The van der Waals surface area contributed by atoms with E-state index in [2.05, 4.69) is 0 Å². The Hall–Kier alpha value is 1.50. The standard InChI is InChI=1S/4BH3O3.4H3P/c4*2-1(3)4;;;;/h4*2-4H;4*1H3. The first-order chi connectivity index (χ1) is 6.93. The Bertz CT molecular complexity index is 70.4. The van der Waals surface area contributed by atoms with Gasteiger partial charge in [-0.25, -0.2) is 0 Å². The van der Waals surface area contributed by atoms with E-state index in [1.54, 1.807) is 0 Å². The van der Waals surface area contributed by atoms with Crippen LogP contribution in [0.3, 0.4) is 0 Å². The molecular weight excluding hydrogens is 359 g/mol. The molecule has 0 radical (unpaired) electrons. The molecule has 4 atom stereocenters. The second kappa shape index (κ2) is 42.8. The molecule has 128 valence electrons. The van der Waals surface area contributed by atoms with Gasteiger partial charge in [0.1, 0.15) is 0 Å². The molecule has 4 unspecified atom stereocenters. The first kappa shape index (κ1) is 49.6. The van der Waals surface area contributed by atoms with Crippen molar-refractivity contribution in [2.75, 3.05) is 0 Å². The van der Waals surface area contributed by atoms with Crippen molar-refractivity contribution in [3.05, 3.63) is 0 Å². The maximum absolute atomic E-state index is 7.17. The summed E-state index contributed by atoms with van der Waals surface area (Å²) in [6.07, 6.45) is 0. The lowest BCUT2D eigenvalue weighted by molar-refractivity contribution is 0.276. The maximum atomic E-state index is 7.17. The summed E-state index contributed by atoms with van der Waals surface area (Å²) in [5, 5.41) is 86.0. The minimum atomic E-state index is -2.17. The zero-order valence-corrected chi connectivity index (χ0v) is 16.2. The van der Waals surface area contributed by atoms with E-state index in [0.29, 0.717) is 0 Å². The van der Waals surface area contributed by atoms with Crippen molar-refractivity contribution in [3.8, 4) is 0 Å². The number of rotatable bonds is 0. The fourth-order valence-electron chi connectivity index (χ4n) is 0. The van der Waals surface area contributed by atoms with Crippen molar-refractivity contribution in [1.82, 2.24) is 0 Å². The third kappa shape index (κ3) is 2970. The topological polar surface area (TPSA) is 243 Å². The van der Waals surface area contributed by atoms with E-state index >= 15 is 0 Å². The first-order valence-corrected chi connectivity index (χ1v) is 3.10. The highest BCUT2D eigenvalue weighted by Crippen LogP contribution is 1.41. The van der Waals surface area contributed by atoms with Gasteiger partial charge in [-0.1, -0.05) is 0 Å². The lowest BCUT2D eigenvalue weighted by Gasteiger charge is -1.69. The Morgan fingerprint density at radius 2 is 0.250 bits per heavy atom. The van der Waals surface area contributed by atoms with Crippen LogP contribution < -0.4 is 0 Å². The van der Waals surface area contributed by atoms with Gasteiger partial charge in [0.2, 0.25) is 0 Å². The molecule has 0 rings (SSSR count). The summed E-state index contributed by atoms with van der Waals surface area (Å²) in [6, 6.07) is 0. The lowest BCUT2D eigenvalue weighted by Crippen LogP contribution is -2.07. The minimum Gasteiger partial charge on any atom is -0.402 e. The van der Waals surface area contributed by atoms with E-state index in [1.165, 1.54) is 0 Å². The average Bonchev–Trinajstić information content (AvgIpc) is 1.76. The first-order valence-electron chi connectivity index (χ1n) is 3.10. The fraction of sp³-hybridized carbons (Fsp3) is 0. The smallest absolute Gasteiger partial charge is 0.402 e. The van der Waals surface area contributed by atoms with Gasteiger partial charge in [0.05, 0.1) is 0 Å². The zero-order valence-electron chi connectivity index (χ0n) is 10.5. The van der Waals surface area contributed by atoms with E-state index < -0.39 is 29.3 Å². The molecule has 0 fully saturated rings. The van der Waals surface area contributed by atoms with Crippen molar-refractivity contribution in [2.45, 2.75) is 0 Å². The molecule has 0 aromatic heterocycles. The van der Waals surface area contributed by atoms with Crippen LogP contribution in [0.1, 0.15) is 0 Å². The van der Waals surface area contributed by atoms with Crippen LogP contribution in [0.5, 0.6) is 0 Å². The third-order valence-corrected chi connectivity index (χ3v) is 0. The Morgan fingerprint density at radius 3 is 0.250 bits per heavy atom. The molecule has 0 amide bonds. The van der Waals surface area contributed by atoms with Gasteiger partial charge in [-0.3, -0.25) is 0 Å². The lowest BCUT2D eigenvalue weighted by atomic mass is 10.3. The van der Waals surface area contributed by atoms with Crippen molar-refractivity contribution in [3.63, 3.8) is 0 Å². The molecule has 0 saturated heterocycles.